The van der Waals surface area contributed by atoms with E-state index < -0.39 is 0 Å². The van der Waals surface area contributed by atoms with Gasteiger partial charge in [0.15, 0.2) is 0 Å². The summed E-state index contributed by atoms with van der Waals surface area (Å²) in [7, 11) is 0. The van der Waals surface area contributed by atoms with Crippen LogP contribution in [0.1, 0.15) is 20.0 Å². The number of thiophene rings is 1. The van der Waals surface area contributed by atoms with Crippen LogP contribution in [0, 0.1) is 0 Å². The summed E-state index contributed by atoms with van der Waals surface area (Å²) < 4.78 is 0. The van der Waals surface area contributed by atoms with E-state index in [1.54, 1.807) is 42.5 Å². The number of nitrogens with one attached hydrogen (secondary N) is 2. The van der Waals surface area contributed by atoms with Gasteiger partial charge in [0.1, 0.15) is 0 Å². The van der Waals surface area contributed by atoms with Gasteiger partial charge in [-0.15, -0.1) is 11.3 Å². The lowest BCUT2D eigenvalue weighted by Gasteiger charge is -2.09. The lowest BCUT2D eigenvalue weighted by molar-refractivity contribution is 0.102. The second-order valence-corrected chi connectivity index (χ2v) is 6.88. The Hall–Kier alpha value is -2.34. The molecule has 1 aromatic heterocycles. The number of rotatable bonds is 4. The number of hydrogen-bond acceptors (Lipinski definition) is 3. The minimum absolute atomic E-state index is 0.169. The molecule has 25 heavy (non-hydrogen) atoms. The summed E-state index contributed by atoms with van der Waals surface area (Å²) in [5, 5.41) is 8.13. The van der Waals surface area contributed by atoms with Gasteiger partial charge in [-0.3, -0.25) is 9.59 Å². The molecule has 2 amide bonds. The molecule has 4 nitrogen and oxygen atoms in total. The second-order valence-electron chi connectivity index (χ2n) is 5.09. The Kier molecular flexibility index (Phi) is 5.38. The summed E-state index contributed by atoms with van der Waals surface area (Å²) in [4.78, 5) is 24.9. The van der Waals surface area contributed by atoms with Crippen LogP contribution in [0.15, 0.2) is 60.0 Å². The number of anilines is 2. The number of amides is 2. The zero-order valence-corrected chi connectivity index (χ0v) is 15.1. The fourth-order valence-corrected chi connectivity index (χ4v) is 3.10. The molecule has 2 aromatic carbocycles. The summed E-state index contributed by atoms with van der Waals surface area (Å²) in [5.74, 6) is -0.527. The Morgan fingerprint density at radius 1 is 0.840 bits per heavy atom. The van der Waals surface area contributed by atoms with E-state index in [1.807, 2.05) is 11.4 Å². The molecule has 1 heterocycles. The standard InChI is InChI=1S/C18H12Cl2N2O2S/c19-11-3-8-15(20)14(10-11)17(23)21-12-4-6-13(7-5-12)22-18(24)16-2-1-9-25-16/h1-10H,(H,21,23)(H,22,24). The van der Waals surface area contributed by atoms with Crippen molar-refractivity contribution in [1.82, 2.24) is 0 Å². The van der Waals surface area contributed by atoms with Crippen LogP contribution < -0.4 is 10.6 Å². The highest BCUT2D eigenvalue weighted by atomic mass is 35.5. The van der Waals surface area contributed by atoms with Crippen molar-refractivity contribution in [2.45, 2.75) is 0 Å². The van der Waals surface area contributed by atoms with Crippen molar-refractivity contribution in [1.29, 1.82) is 0 Å². The molecule has 0 unspecified atom stereocenters. The second kappa shape index (κ2) is 7.70. The van der Waals surface area contributed by atoms with Crippen LogP contribution in [0.5, 0.6) is 0 Å². The third kappa shape index (κ3) is 4.39. The van der Waals surface area contributed by atoms with Gasteiger partial charge < -0.3 is 10.6 Å². The highest BCUT2D eigenvalue weighted by Crippen LogP contribution is 2.22. The Morgan fingerprint density at radius 2 is 1.48 bits per heavy atom. The van der Waals surface area contributed by atoms with E-state index in [9.17, 15) is 9.59 Å². The van der Waals surface area contributed by atoms with Gasteiger partial charge in [-0.1, -0.05) is 29.3 Å². The molecule has 0 radical (unpaired) electrons. The largest absolute Gasteiger partial charge is 0.322 e. The van der Waals surface area contributed by atoms with Gasteiger partial charge in [0.2, 0.25) is 0 Å². The Labute approximate surface area is 158 Å². The molecule has 0 spiro atoms. The third-order valence-corrected chi connectivity index (χ3v) is 4.75. The van der Waals surface area contributed by atoms with E-state index >= 15 is 0 Å². The summed E-state index contributed by atoms with van der Waals surface area (Å²) in [6.45, 7) is 0. The molecule has 0 aliphatic heterocycles. The molecule has 3 rings (SSSR count). The molecule has 0 aliphatic carbocycles. The topological polar surface area (TPSA) is 58.2 Å². The zero-order valence-electron chi connectivity index (χ0n) is 12.8. The Bertz CT molecular complexity index is 909. The normalized spacial score (nSPS) is 10.3. The lowest BCUT2D eigenvalue weighted by atomic mass is 10.2. The molecule has 0 aliphatic rings. The summed E-state index contributed by atoms with van der Waals surface area (Å²) in [5.41, 5.74) is 1.51. The van der Waals surface area contributed by atoms with E-state index in [0.717, 1.165) is 0 Å². The van der Waals surface area contributed by atoms with E-state index in [1.165, 1.54) is 17.4 Å². The van der Waals surface area contributed by atoms with Crippen molar-refractivity contribution in [3.63, 3.8) is 0 Å². The fraction of sp³-hybridized carbons (Fsp3) is 0. The predicted octanol–water partition coefficient (Wildman–Crippen LogP) is 5.56. The summed E-state index contributed by atoms with van der Waals surface area (Å²) in [6, 6.07) is 15.1. The average Bonchev–Trinajstić information content (AvgIpc) is 3.13. The monoisotopic (exact) mass is 390 g/mol. The first-order valence-corrected chi connectivity index (χ1v) is 8.88. The van der Waals surface area contributed by atoms with E-state index in [2.05, 4.69) is 10.6 Å². The molecule has 126 valence electrons. The van der Waals surface area contributed by atoms with Crippen molar-refractivity contribution in [2.24, 2.45) is 0 Å². The summed E-state index contributed by atoms with van der Waals surface area (Å²) >= 11 is 13.3. The third-order valence-electron chi connectivity index (χ3n) is 3.32. The van der Waals surface area contributed by atoms with E-state index in [4.69, 9.17) is 23.2 Å². The van der Waals surface area contributed by atoms with Crippen LogP contribution in [-0.2, 0) is 0 Å². The number of carbonyl (C=O) groups is 2. The molecular weight excluding hydrogens is 379 g/mol. The van der Waals surface area contributed by atoms with Crippen LogP contribution in [0.4, 0.5) is 11.4 Å². The lowest BCUT2D eigenvalue weighted by Crippen LogP contribution is -2.13. The van der Waals surface area contributed by atoms with Crippen LogP contribution in [0.2, 0.25) is 10.0 Å². The van der Waals surface area contributed by atoms with Crippen molar-refractivity contribution in [2.75, 3.05) is 10.6 Å². The quantitative estimate of drug-likeness (QED) is 0.612. The minimum atomic E-state index is -0.358. The number of benzene rings is 2. The van der Waals surface area contributed by atoms with Crippen LogP contribution in [-0.4, -0.2) is 11.8 Å². The van der Waals surface area contributed by atoms with Gasteiger partial charge >= 0.3 is 0 Å². The summed E-state index contributed by atoms with van der Waals surface area (Å²) in [6.07, 6.45) is 0. The van der Waals surface area contributed by atoms with E-state index in [-0.39, 0.29) is 11.8 Å². The first-order chi connectivity index (χ1) is 12.0. The van der Waals surface area contributed by atoms with E-state index in [0.29, 0.717) is 31.9 Å². The molecule has 0 saturated carbocycles. The van der Waals surface area contributed by atoms with Crippen LogP contribution >= 0.6 is 34.5 Å². The maximum Gasteiger partial charge on any atom is 0.265 e. The van der Waals surface area contributed by atoms with Gasteiger partial charge in [-0.05, 0) is 53.9 Å². The van der Waals surface area contributed by atoms with Crippen molar-refractivity contribution in [3.05, 3.63) is 80.5 Å². The molecule has 0 atom stereocenters. The molecule has 0 fully saturated rings. The first kappa shape index (κ1) is 17.5. The number of halogens is 2. The van der Waals surface area contributed by atoms with Crippen LogP contribution in [0.3, 0.4) is 0 Å². The highest BCUT2D eigenvalue weighted by molar-refractivity contribution is 7.12. The smallest absolute Gasteiger partial charge is 0.265 e. The van der Waals surface area contributed by atoms with Gasteiger partial charge in [0.05, 0.1) is 15.5 Å². The Morgan fingerprint density at radius 3 is 2.08 bits per heavy atom. The van der Waals surface area contributed by atoms with Gasteiger partial charge in [0, 0.05) is 16.4 Å². The maximum atomic E-state index is 12.3. The average molecular weight is 391 g/mol. The zero-order chi connectivity index (χ0) is 17.8. The molecule has 0 bridgehead atoms. The molecule has 7 heteroatoms. The van der Waals surface area contributed by atoms with Crippen molar-refractivity contribution in [3.8, 4) is 0 Å². The van der Waals surface area contributed by atoms with Crippen LogP contribution in [0.25, 0.3) is 0 Å². The van der Waals surface area contributed by atoms with Crippen molar-refractivity contribution < 1.29 is 9.59 Å². The minimum Gasteiger partial charge on any atom is -0.322 e. The van der Waals surface area contributed by atoms with Gasteiger partial charge in [-0.25, -0.2) is 0 Å². The molecule has 2 N–H and O–H groups in total. The first-order valence-electron chi connectivity index (χ1n) is 7.24. The molecular formula is C18H12Cl2N2O2S. The fourth-order valence-electron chi connectivity index (χ4n) is 2.11. The SMILES string of the molecule is O=C(Nc1ccc(NC(=O)c2cc(Cl)ccc2Cl)cc1)c1cccs1. The van der Waals surface area contributed by atoms with Gasteiger partial charge in [0.25, 0.3) is 11.8 Å². The predicted molar refractivity (Wildman–Crippen MR) is 103 cm³/mol. The molecule has 3 aromatic rings. The maximum absolute atomic E-state index is 12.3. The highest BCUT2D eigenvalue weighted by Gasteiger charge is 2.12. The van der Waals surface area contributed by atoms with Gasteiger partial charge in [-0.2, -0.15) is 0 Å². The molecule has 0 saturated heterocycles. The number of hydrogen-bond donors (Lipinski definition) is 2. The van der Waals surface area contributed by atoms with Crippen molar-refractivity contribution >= 4 is 57.7 Å². The number of carbonyl (C=O) groups excluding carboxylic acids is 2. The Balaban J connectivity index is 1.67.